The van der Waals surface area contributed by atoms with E-state index in [-0.39, 0.29) is 28.2 Å². The smallest absolute Gasteiger partial charge is 0.220 e. The molecule has 1 amide bonds. The van der Waals surface area contributed by atoms with Crippen LogP contribution < -0.4 is 5.32 Å². The maximum absolute atomic E-state index is 13.1. The summed E-state index contributed by atoms with van der Waals surface area (Å²) in [6.07, 6.45) is 8.79. The first-order valence-corrected chi connectivity index (χ1v) is 10.3. The number of nitrogens with one attached hydrogen (secondary N) is 1. The predicted molar refractivity (Wildman–Crippen MR) is 102 cm³/mol. The number of hydrogen-bond acceptors (Lipinski definition) is 3. The van der Waals surface area contributed by atoms with E-state index in [2.05, 4.69) is 31.1 Å². The van der Waals surface area contributed by atoms with Gasteiger partial charge in [-0.3, -0.25) is 9.78 Å². The van der Waals surface area contributed by atoms with Gasteiger partial charge < -0.3 is 10.1 Å². The Kier molecular flexibility index (Phi) is 4.57. The first kappa shape index (κ1) is 18.9. The lowest BCUT2D eigenvalue weighted by molar-refractivity contribution is -0.233. The molecule has 3 aliphatic rings. The minimum atomic E-state index is -0.318. The second kappa shape index (κ2) is 6.54. The van der Waals surface area contributed by atoms with Crippen LogP contribution in [-0.2, 0) is 14.9 Å². The van der Waals surface area contributed by atoms with E-state index in [1.54, 1.807) is 6.07 Å². The largest absolute Gasteiger partial charge is 0.372 e. The monoisotopic (exact) mass is 374 g/mol. The molecule has 0 aliphatic heterocycles. The first-order chi connectivity index (χ1) is 12.7. The van der Waals surface area contributed by atoms with Crippen molar-refractivity contribution in [3.05, 3.63) is 29.8 Å². The van der Waals surface area contributed by atoms with Gasteiger partial charge >= 0.3 is 0 Å². The molecule has 0 radical (unpaired) electrons. The van der Waals surface area contributed by atoms with E-state index in [1.165, 1.54) is 31.5 Å². The van der Waals surface area contributed by atoms with Crippen molar-refractivity contribution in [2.75, 3.05) is 6.54 Å². The molecule has 3 fully saturated rings. The predicted octanol–water partition coefficient (Wildman–Crippen LogP) is 4.13. The number of nitrogens with zero attached hydrogens (tertiary/aromatic N) is 1. The van der Waals surface area contributed by atoms with Crippen molar-refractivity contribution in [2.24, 2.45) is 11.3 Å². The molecular formula is C22H31FN2O2. The normalized spacial score (nSPS) is 27.6. The molecule has 27 heavy (non-hydrogen) atoms. The van der Waals surface area contributed by atoms with Crippen molar-refractivity contribution in [2.45, 2.75) is 82.8 Å². The van der Waals surface area contributed by atoms with Gasteiger partial charge in [-0.25, -0.2) is 4.39 Å². The summed E-state index contributed by atoms with van der Waals surface area (Å²) in [5.41, 5.74) is 0.915. The van der Waals surface area contributed by atoms with E-state index in [4.69, 9.17) is 4.74 Å². The molecule has 3 saturated carbocycles. The van der Waals surface area contributed by atoms with E-state index in [0.717, 1.165) is 25.0 Å². The van der Waals surface area contributed by atoms with Crippen LogP contribution in [0.3, 0.4) is 0 Å². The van der Waals surface area contributed by atoms with Crippen LogP contribution in [0.5, 0.6) is 0 Å². The molecule has 2 unspecified atom stereocenters. The lowest BCUT2D eigenvalue weighted by Crippen LogP contribution is -2.60. The minimum Gasteiger partial charge on any atom is -0.372 e. The fraction of sp³-hybridized carbons (Fsp3) is 0.727. The zero-order valence-electron chi connectivity index (χ0n) is 16.7. The molecule has 1 heterocycles. The molecule has 2 atom stereocenters. The number of hydrogen-bond donors (Lipinski definition) is 1. The Bertz CT molecular complexity index is 702. The second-order valence-electron chi connectivity index (χ2n) is 9.86. The third-order valence-electron chi connectivity index (χ3n) is 6.91. The van der Waals surface area contributed by atoms with Gasteiger partial charge in [-0.05, 0) is 70.9 Å². The molecule has 0 aromatic carbocycles. The highest BCUT2D eigenvalue weighted by Gasteiger charge is 2.59. The van der Waals surface area contributed by atoms with Gasteiger partial charge in [-0.15, -0.1) is 0 Å². The van der Waals surface area contributed by atoms with Gasteiger partial charge in [-0.1, -0.05) is 6.42 Å². The van der Waals surface area contributed by atoms with Crippen LogP contribution in [0.4, 0.5) is 4.39 Å². The molecule has 1 spiro atoms. The van der Waals surface area contributed by atoms with Crippen LogP contribution in [0.1, 0.15) is 71.4 Å². The Morgan fingerprint density at radius 2 is 2.04 bits per heavy atom. The highest BCUT2D eigenvalue weighted by molar-refractivity contribution is 5.76. The number of carbonyl (C=O) groups is 1. The maximum atomic E-state index is 13.1. The average molecular weight is 375 g/mol. The number of carbonyl (C=O) groups excluding carboxylic acids is 1. The van der Waals surface area contributed by atoms with E-state index in [9.17, 15) is 9.18 Å². The zero-order valence-corrected chi connectivity index (χ0v) is 16.7. The molecule has 4 rings (SSSR count). The molecule has 3 aliphatic carbocycles. The van der Waals surface area contributed by atoms with E-state index in [0.29, 0.717) is 25.0 Å². The summed E-state index contributed by atoms with van der Waals surface area (Å²) in [6.45, 7) is 6.93. The van der Waals surface area contributed by atoms with E-state index >= 15 is 0 Å². The van der Waals surface area contributed by atoms with Crippen molar-refractivity contribution in [3.63, 3.8) is 0 Å². The lowest BCUT2D eigenvalue weighted by Gasteiger charge is -2.62. The Hall–Kier alpha value is -1.49. The highest BCUT2D eigenvalue weighted by atomic mass is 19.1. The Morgan fingerprint density at radius 3 is 2.56 bits per heavy atom. The number of rotatable bonds is 6. The van der Waals surface area contributed by atoms with Crippen LogP contribution in [0, 0.1) is 17.2 Å². The zero-order chi connectivity index (χ0) is 19.3. The van der Waals surface area contributed by atoms with Crippen molar-refractivity contribution in [3.8, 4) is 0 Å². The summed E-state index contributed by atoms with van der Waals surface area (Å²) in [7, 11) is 0. The molecule has 0 bridgehead atoms. The van der Waals surface area contributed by atoms with Crippen LogP contribution >= 0.6 is 0 Å². The molecule has 1 N–H and O–H groups in total. The second-order valence-corrected chi connectivity index (χ2v) is 9.86. The molecular weight excluding hydrogens is 343 g/mol. The fourth-order valence-electron chi connectivity index (χ4n) is 4.95. The topological polar surface area (TPSA) is 51.2 Å². The maximum Gasteiger partial charge on any atom is 0.220 e. The summed E-state index contributed by atoms with van der Waals surface area (Å²) >= 11 is 0. The summed E-state index contributed by atoms with van der Waals surface area (Å²) in [5.74, 6) is 0.257. The van der Waals surface area contributed by atoms with Crippen molar-refractivity contribution >= 4 is 5.91 Å². The third-order valence-corrected chi connectivity index (χ3v) is 6.91. The standard InChI is InChI=1S/C22H31FN2O2/c1-20(2,3)27-18-11-15(22(18)7-4-8-22)12-19(26)25-14-21(9-10-21)17-6-5-16(23)13-24-17/h5-6,13,15,18H,4,7-12,14H2,1-3H3,(H,25,26). The molecule has 4 nitrogen and oxygen atoms in total. The molecule has 148 valence electrons. The summed E-state index contributed by atoms with van der Waals surface area (Å²) in [4.78, 5) is 16.8. The number of aromatic nitrogens is 1. The average Bonchev–Trinajstić information content (AvgIpc) is 3.31. The molecule has 1 aromatic rings. The van der Waals surface area contributed by atoms with Crippen LogP contribution in [0.15, 0.2) is 18.3 Å². The number of ether oxygens (including phenoxy) is 1. The summed E-state index contributed by atoms with van der Waals surface area (Å²) < 4.78 is 19.4. The van der Waals surface area contributed by atoms with E-state index < -0.39 is 0 Å². The van der Waals surface area contributed by atoms with Gasteiger partial charge in [0.15, 0.2) is 0 Å². The highest BCUT2D eigenvalue weighted by Crippen LogP contribution is 2.62. The summed E-state index contributed by atoms with van der Waals surface area (Å²) in [6, 6.07) is 3.20. The van der Waals surface area contributed by atoms with Crippen molar-refractivity contribution < 1.29 is 13.9 Å². The van der Waals surface area contributed by atoms with Gasteiger partial charge in [0.2, 0.25) is 5.91 Å². The van der Waals surface area contributed by atoms with Crippen LogP contribution in [-0.4, -0.2) is 29.1 Å². The Balaban J connectivity index is 1.30. The van der Waals surface area contributed by atoms with Gasteiger partial charge in [0.1, 0.15) is 5.82 Å². The number of halogens is 1. The SMILES string of the molecule is CC(C)(C)OC1CC(CC(=O)NCC2(c3ccc(F)cn3)CC2)C12CCC2. The Morgan fingerprint density at radius 1 is 1.30 bits per heavy atom. The molecule has 0 saturated heterocycles. The Labute approximate surface area is 161 Å². The van der Waals surface area contributed by atoms with Crippen LogP contribution in [0.2, 0.25) is 0 Å². The van der Waals surface area contributed by atoms with Crippen molar-refractivity contribution in [1.29, 1.82) is 0 Å². The minimum absolute atomic E-state index is 0.0883. The summed E-state index contributed by atoms with van der Waals surface area (Å²) in [5, 5.41) is 3.13. The van der Waals surface area contributed by atoms with Gasteiger partial charge in [0, 0.05) is 29.5 Å². The van der Waals surface area contributed by atoms with Crippen LogP contribution in [0.25, 0.3) is 0 Å². The molecule has 5 heteroatoms. The third kappa shape index (κ3) is 3.63. The van der Waals surface area contributed by atoms with Crippen molar-refractivity contribution in [1.82, 2.24) is 10.3 Å². The van der Waals surface area contributed by atoms with Gasteiger partial charge in [-0.2, -0.15) is 0 Å². The van der Waals surface area contributed by atoms with E-state index in [1.807, 2.05) is 0 Å². The molecule has 1 aromatic heterocycles. The van der Waals surface area contributed by atoms with Gasteiger partial charge in [0.25, 0.3) is 0 Å². The fourth-order valence-corrected chi connectivity index (χ4v) is 4.95. The van der Waals surface area contributed by atoms with Gasteiger partial charge in [0.05, 0.1) is 17.9 Å². The quantitative estimate of drug-likeness (QED) is 0.814. The lowest BCUT2D eigenvalue weighted by atomic mass is 9.47. The number of amides is 1. The number of pyridine rings is 1. The first-order valence-electron chi connectivity index (χ1n) is 10.3.